The molecule has 0 saturated carbocycles. The molecule has 0 unspecified atom stereocenters. The molecule has 5 nitrogen and oxygen atoms in total. The second kappa shape index (κ2) is 9.93. The quantitative estimate of drug-likeness (QED) is 0.468. The average Bonchev–Trinajstić information content (AvgIpc) is 3.19. The maximum absolute atomic E-state index is 13.9. The first kappa shape index (κ1) is 23.9. The second-order valence-corrected chi connectivity index (χ2v) is 11.3. The summed E-state index contributed by atoms with van der Waals surface area (Å²) in [4.78, 5) is 3.58. The van der Waals surface area contributed by atoms with Crippen LogP contribution in [0.2, 0.25) is 0 Å². The van der Waals surface area contributed by atoms with Gasteiger partial charge in [-0.15, -0.1) is 11.3 Å². The fourth-order valence-corrected chi connectivity index (χ4v) is 7.17. The predicted molar refractivity (Wildman–Crippen MR) is 131 cm³/mol. The van der Waals surface area contributed by atoms with Gasteiger partial charge in [0.15, 0.2) is 0 Å². The van der Waals surface area contributed by atoms with Crippen molar-refractivity contribution in [3.8, 4) is 0 Å². The first-order valence-corrected chi connectivity index (χ1v) is 13.3. The molecule has 1 aliphatic rings. The van der Waals surface area contributed by atoms with Gasteiger partial charge in [0.25, 0.3) is 10.0 Å². The summed E-state index contributed by atoms with van der Waals surface area (Å²) in [5.74, 6) is -0.400. The fourth-order valence-electron chi connectivity index (χ4n) is 4.36. The van der Waals surface area contributed by atoms with Gasteiger partial charge < -0.3 is 4.74 Å². The minimum absolute atomic E-state index is 0.189. The lowest BCUT2D eigenvalue weighted by molar-refractivity contribution is 0.0342. The van der Waals surface area contributed by atoms with Crippen molar-refractivity contribution in [3.63, 3.8) is 0 Å². The Hall–Kier alpha value is -2.26. The first-order chi connectivity index (χ1) is 15.7. The van der Waals surface area contributed by atoms with Crippen LogP contribution in [-0.4, -0.2) is 39.6 Å². The normalized spacial score (nSPS) is 15.0. The topological polar surface area (TPSA) is 49.9 Å². The van der Waals surface area contributed by atoms with E-state index in [-0.39, 0.29) is 6.54 Å². The van der Waals surface area contributed by atoms with Gasteiger partial charge in [-0.05, 0) is 73.2 Å². The lowest BCUT2D eigenvalue weighted by Crippen LogP contribution is -2.35. The van der Waals surface area contributed by atoms with Crippen LogP contribution >= 0.6 is 11.3 Å². The van der Waals surface area contributed by atoms with E-state index >= 15 is 0 Å². The van der Waals surface area contributed by atoms with Crippen LogP contribution in [0, 0.1) is 26.6 Å². The highest BCUT2D eigenvalue weighted by Gasteiger charge is 2.29. The molecule has 0 amide bonds. The van der Waals surface area contributed by atoms with Crippen molar-refractivity contribution in [1.82, 2.24) is 4.90 Å². The average molecular weight is 489 g/mol. The molecule has 0 bridgehead atoms. The van der Waals surface area contributed by atoms with E-state index in [0.29, 0.717) is 21.7 Å². The Labute approximate surface area is 199 Å². The number of halogens is 1. The van der Waals surface area contributed by atoms with E-state index < -0.39 is 15.8 Å². The van der Waals surface area contributed by atoms with E-state index in [1.807, 2.05) is 32.9 Å². The molecular weight excluding hydrogens is 459 g/mol. The van der Waals surface area contributed by atoms with Crippen LogP contribution in [0.15, 0.2) is 52.7 Å². The zero-order valence-electron chi connectivity index (χ0n) is 19.2. The standard InChI is InChI=1S/C25H29FN2O3S2/c1-18-12-19(2)25(20(3)13-18)33(29,30)28(23-6-4-22(26)5-7-23)16-24-14-21(17-32-24)15-27-8-10-31-11-9-27/h4-7,12-14,17H,8-11,15-16H2,1-3H3. The summed E-state index contributed by atoms with van der Waals surface area (Å²) in [6, 6.07) is 11.5. The molecule has 176 valence electrons. The molecule has 0 aliphatic carbocycles. The van der Waals surface area contributed by atoms with E-state index in [1.165, 1.54) is 28.6 Å². The first-order valence-electron chi connectivity index (χ1n) is 11.0. The molecule has 2 heterocycles. The van der Waals surface area contributed by atoms with Crippen LogP contribution in [0.4, 0.5) is 10.1 Å². The third kappa shape index (κ3) is 5.46. The highest BCUT2D eigenvalue weighted by molar-refractivity contribution is 7.93. The minimum atomic E-state index is -3.87. The Morgan fingerprint density at radius 2 is 1.67 bits per heavy atom. The molecule has 3 aromatic rings. The minimum Gasteiger partial charge on any atom is -0.379 e. The highest BCUT2D eigenvalue weighted by Crippen LogP contribution is 2.32. The van der Waals surface area contributed by atoms with Gasteiger partial charge in [-0.1, -0.05) is 17.7 Å². The van der Waals surface area contributed by atoms with Gasteiger partial charge in [-0.2, -0.15) is 0 Å². The summed E-state index contributed by atoms with van der Waals surface area (Å²) in [7, 11) is -3.87. The maximum Gasteiger partial charge on any atom is 0.265 e. The number of nitrogens with zero attached hydrogens (tertiary/aromatic N) is 2. The zero-order chi connectivity index (χ0) is 23.6. The Kier molecular flexibility index (Phi) is 7.19. The van der Waals surface area contributed by atoms with Crippen LogP contribution in [0.1, 0.15) is 27.1 Å². The number of ether oxygens (including phenoxy) is 1. The Morgan fingerprint density at radius 3 is 2.30 bits per heavy atom. The summed E-state index contributed by atoms with van der Waals surface area (Å²) in [5, 5.41) is 2.09. The van der Waals surface area contributed by atoms with Gasteiger partial charge >= 0.3 is 0 Å². The molecule has 0 radical (unpaired) electrons. The van der Waals surface area contributed by atoms with Gasteiger partial charge in [0, 0.05) is 24.5 Å². The van der Waals surface area contributed by atoms with Crippen LogP contribution in [0.3, 0.4) is 0 Å². The monoisotopic (exact) mass is 488 g/mol. The molecule has 1 aliphatic heterocycles. The number of hydrogen-bond acceptors (Lipinski definition) is 5. The van der Waals surface area contributed by atoms with Crippen LogP contribution in [-0.2, 0) is 27.8 Å². The summed E-state index contributed by atoms with van der Waals surface area (Å²) < 4.78 is 48.3. The summed E-state index contributed by atoms with van der Waals surface area (Å²) in [5.41, 5.74) is 4.04. The van der Waals surface area contributed by atoms with Crippen LogP contribution in [0.5, 0.6) is 0 Å². The number of hydrogen-bond donors (Lipinski definition) is 0. The number of thiophene rings is 1. The van der Waals surface area contributed by atoms with Crippen molar-refractivity contribution in [2.75, 3.05) is 30.6 Å². The molecular formula is C25H29FN2O3S2. The van der Waals surface area contributed by atoms with Gasteiger partial charge in [-0.3, -0.25) is 9.21 Å². The predicted octanol–water partition coefficient (Wildman–Crippen LogP) is 5.04. The van der Waals surface area contributed by atoms with E-state index in [4.69, 9.17) is 4.74 Å². The lowest BCUT2D eigenvalue weighted by Gasteiger charge is -2.26. The Balaban J connectivity index is 1.67. The Morgan fingerprint density at radius 1 is 1.03 bits per heavy atom. The molecule has 2 aromatic carbocycles. The highest BCUT2D eigenvalue weighted by atomic mass is 32.2. The number of morpholine rings is 1. The third-order valence-electron chi connectivity index (χ3n) is 5.78. The van der Waals surface area contributed by atoms with Crippen molar-refractivity contribution >= 4 is 27.0 Å². The van der Waals surface area contributed by atoms with Crippen molar-refractivity contribution in [3.05, 3.63) is 80.8 Å². The van der Waals surface area contributed by atoms with Crippen molar-refractivity contribution in [1.29, 1.82) is 0 Å². The van der Waals surface area contributed by atoms with Crippen molar-refractivity contribution in [2.24, 2.45) is 0 Å². The maximum atomic E-state index is 13.9. The molecule has 0 N–H and O–H groups in total. The van der Waals surface area contributed by atoms with Gasteiger partial charge in [0.1, 0.15) is 5.82 Å². The lowest BCUT2D eigenvalue weighted by atomic mass is 10.1. The molecule has 1 saturated heterocycles. The molecule has 4 rings (SSSR count). The number of anilines is 1. The molecule has 1 fully saturated rings. The van der Waals surface area contributed by atoms with Crippen molar-refractivity contribution in [2.45, 2.75) is 38.8 Å². The molecule has 8 heteroatoms. The van der Waals surface area contributed by atoms with Gasteiger partial charge in [-0.25, -0.2) is 12.8 Å². The van der Waals surface area contributed by atoms with Gasteiger partial charge in [0.2, 0.25) is 0 Å². The SMILES string of the molecule is Cc1cc(C)c(S(=O)(=O)N(Cc2cc(CN3CCOCC3)cs2)c2ccc(F)cc2)c(C)c1. The molecule has 0 spiro atoms. The number of aryl methyl sites for hydroxylation is 3. The van der Waals surface area contributed by atoms with E-state index in [1.54, 1.807) is 11.3 Å². The molecule has 1 aromatic heterocycles. The number of sulfonamides is 1. The van der Waals surface area contributed by atoms with Crippen molar-refractivity contribution < 1.29 is 17.5 Å². The second-order valence-electron chi connectivity index (χ2n) is 8.53. The largest absolute Gasteiger partial charge is 0.379 e. The van der Waals surface area contributed by atoms with Crippen LogP contribution in [0.25, 0.3) is 0 Å². The summed E-state index contributed by atoms with van der Waals surface area (Å²) in [6.07, 6.45) is 0. The summed E-state index contributed by atoms with van der Waals surface area (Å²) >= 11 is 1.55. The summed E-state index contributed by atoms with van der Waals surface area (Å²) in [6.45, 7) is 9.87. The van der Waals surface area contributed by atoms with Crippen LogP contribution < -0.4 is 4.31 Å². The number of rotatable bonds is 7. The molecule has 33 heavy (non-hydrogen) atoms. The van der Waals surface area contributed by atoms with E-state index in [2.05, 4.69) is 16.3 Å². The molecule has 0 atom stereocenters. The number of benzene rings is 2. The Bertz CT molecular complexity index is 1190. The smallest absolute Gasteiger partial charge is 0.265 e. The van der Waals surface area contributed by atoms with Gasteiger partial charge in [0.05, 0.1) is 30.3 Å². The fraction of sp³-hybridized carbons (Fsp3) is 0.360. The van der Waals surface area contributed by atoms with E-state index in [0.717, 1.165) is 48.9 Å². The zero-order valence-corrected chi connectivity index (χ0v) is 20.8. The third-order valence-corrected chi connectivity index (χ3v) is 8.84. The van der Waals surface area contributed by atoms with E-state index in [9.17, 15) is 12.8 Å².